The second-order valence-electron chi connectivity index (χ2n) is 11.0. The van der Waals surface area contributed by atoms with Gasteiger partial charge in [-0.05, 0) is 83.1 Å². The Hall–Kier alpha value is -4.57. The summed E-state index contributed by atoms with van der Waals surface area (Å²) >= 11 is 1.43. The number of aliphatic hydroxyl groups excluding tert-OH is 1. The molecule has 0 spiro atoms. The first-order valence-electron chi connectivity index (χ1n) is 15.0. The van der Waals surface area contributed by atoms with Crippen LogP contribution in [-0.4, -0.2) is 34.7 Å². The van der Waals surface area contributed by atoms with Gasteiger partial charge in [-0.15, -0.1) is 11.3 Å². The summed E-state index contributed by atoms with van der Waals surface area (Å²) in [6.07, 6.45) is 5.14. The SMILES string of the molecule is CCc1cccc(CNC[C@@H](O)[C@H](Cc2cc(F)cc(F)c2)NC(=O)c2cc(/C=C/c3ccc(F)cc3)cc(-c3nccs3)c2)c1. The van der Waals surface area contributed by atoms with Gasteiger partial charge >= 0.3 is 0 Å². The first kappa shape index (κ1) is 32.8. The van der Waals surface area contributed by atoms with E-state index < -0.39 is 29.7 Å². The molecule has 0 aliphatic rings. The highest BCUT2D eigenvalue weighted by Crippen LogP contribution is 2.26. The minimum atomic E-state index is -1.08. The van der Waals surface area contributed by atoms with Crippen molar-refractivity contribution in [3.63, 3.8) is 0 Å². The number of hydrogen-bond acceptors (Lipinski definition) is 5. The largest absolute Gasteiger partial charge is 0.390 e. The van der Waals surface area contributed by atoms with Gasteiger partial charge in [0.2, 0.25) is 0 Å². The van der Waals surface area contributed by atoms with Crippen molar-refractivity contribution >= 4 is 29.4 Å². The highest BCUT2D eigenvalue weighted by molar-refractivity contribution is 7.13. The molecule has 0 saturated carbocycles. The summed E-state index contributed by atoms with van der Waals surface area (Å²) in [5.74, 6) is -2.28. The molecule has 9 heteroatoms. The number of nitrogens with one attached hydrogen (secondary N) is 2. The van der Waals surface area contributed by atoms with E-state index in [4.69, 9.17) is 0 Å². The maximum atomic E-state index is 14.1. The van der Waals surface area contributed by atoms with Gasteiger partial charge in [0, 0.05) is 41.9 Å². The molecular weight excluding hydrogens is 607 g/mol. The summed E-state index contributed by atoms with van der Waals surface area (Å²) in [6, 6.07) is 21.8. The van der Waals surface area contributed by atoms with Crippen LogP contribution in [0.4, 0.5) is 13.2 Å². The lowest BCUT2D eigenvalue weighted by molar-refractivity contribution is 0.0830. The zero-order valence-corrected chi connectivity index (χ0v) is 26.0. The van der Waals surface area contributed by atoms with Crippen molar-refractivity contribution < 1.29 is 23.1 Å². The van der Waals surface area contributed by atoms with Gasteiger partial charge < -0.3 is 15.7 Å². The molecule has 0 aliphatic heterocycles. The van der Waals surface area contributed by atoms with E-state index in [0.29, 0.717) is 28.2 Å². The molecule has 0 radical (unpaired) electrons. The maximum absolute atomic E-state index is 14.1. The van der Waals surface area contributed by atoms with Crippen LogP contribution in [0.1, 0.15) is 45.1 Å². The predicted octanol–water partition coefficient (Wildman–Crippen LogP) is 7.45. The summed E-state index contributed by atoms with van der Waals surface area (Å²) < 4.78 is 41.5. The van der Waals surface area contributed by atoms with E-state index >= 15 is 0 Å². The topological polar surface area (TPSA) is 74.2 Å². The van der Waals surface area contributed by atoms with Crippen molar-refractivity contribution in [2.45, 2.75) is 38.5 Å². The highest BCUT2D eigenvalue weighted by atomic mass is 32.1. The smallest absolute Gasteiger partial charge is 0.251 e. The maximum Gasteiger partial charge on any atom is 0.251 e. The molecule has 5 aromatic rings. The minimum Gasteiger partial charge on any atom is -0.390 e. The lowest BCUT2D eigenvalue weighted by Gasteiger charge is -2.25. The van der Waals surface area contributed by atoms with Gasteiger partial charge in [0.15, 0.2) is 0 Å². The van der Waals surface area contributed by atoms with Gasteiger partial charge in [-0.2, -0.15) is 0 Å². The van der Waals surface area contributed by atoms with Crippen LogP contribution in [0.3, 0.4) is 0 Å². The second-order valence-corrected chi connectivity index (χ2v) is 11.9. The molecule has 4 aromatic carbocycles. The third kappa shape index (κ3) is 9.23. The number of carbonyl (C=O) groups excluding carboxylic acids is 1. The fourth-order valence-corrected chi connectivity index (χ4v) is 5.74. The normalized spacial score (nSPS) is 12.7. The number of benzene rings is 4. The molecule has 0 unspecified atom stereocenters. The molecule has 0 fully saturated rings. The molecule has 236 valence electrons. The molecule has 2 atom stereocenters. The lowest BCUT2D eigenvalue weighted by atomic mass is 9.99. The Bertz CT molecular complexity index is 1770. The number of nitrogens with zero attached hydrogens (tertiary/aromatic N) is 1. The van der Waals surface area contributed by atoms with Crippen LogP contribution in [0.2, 0.25) is 0 Å². The Kier molecular flexibility index (Phi) is 11.1. The average Bonchev–Trinajstić information content (AvgIpc) is 3.59. The van der Waals surface area contributed by atoms with Crippen LogP contribution in [0.5, 0.6) is 0 Å². The molecule has 0 saturated heterocycles. The highest BCUT2D eigenvalue weighted by Gasteiger charge is 2.24. The minimum absolute atomic E-state index is 0.00190. The van der Waals surface area contributed by atoms with Crippen LogP contribution < -0.4 is 10.6 Å². The molecule has 0 bridgehead atoms. The van der Waals surface area contributed by atoms with Gasteiger partial charge in [0.1, 0.15) is 22.5 Å². The number of aliphatic hydroxyl groups is 1. The van der Waals surface area contributed by atoms with Crippen molar-refractivity contribution in [1.29, 1.82) is 0 Å². The van der Waals surface area contributed by atoms with Gasteiger partial charge in [0.25, 0.3) is 5.91 Å². The molecule has 46 heavy (non-hydrogen) atoms. The van der Waals surface area contributed by atoms with Crippen LogP contribution >= 0.6 is 11.3 Å². The Balaban J connectivity index is 1.38. The van der Waals surface area contributed by atoms with E-state index in [9.17, 15) is 23.1 Å². The fraction of sp³-hybridized carbons (Fsp3) is 0.189. The Labute approximate surface area is 270 Å². The van der Waals surface area contributed by atoms with E-state index in [1.54, 1.807) is 30.5 Å². The van der Waals surface area contributed by atoms with Gasteiger partial charge in [-0.25, -0.2) is 18.2 Å². The molecule has 5 nitrogen and oxygen atoms in total. The Morgan fingerprint density at radius 3 is 2.33 bits per heavy atom. The van der Waals surface area contributed by atoms with E-state index in [1.807, 2.05) is 35.7 Å². The quantitative estimate of drug-likeness (QED) is 0.117. The molecule has 5 rings (SSSR count). The monoisotopic (exact) mass is 641 g/mol. The summed E-state index contributed by atoms with van der Waals surface area (Å²) in [7, 11) is 0. The first-order chi connectivity index (χ1) is 22.2. The number of halogens is 3. The molecular formula is C37H34F3N3O2S. The van der Waals surface area contributed by atoms with Gasteiger partial charge in [0.05, 0.1) is 12.1 Å². The molecule has 1 amide bonds. The summed E-state index contributed by atoms with van der Waals surface area (Å²) in [5.41, 5.74) is 5.09. The van der Waals surface area contributed by atoms with E-state index in [-0.39, 0.29) is 18.8 Å². The molecule has 1 aromatic heterocycles. The molecule has 0 aliphatic carbocycles. The molecule has 3 N–H and O–H groups in total. The van der Waals surface area contributed by atoms with Gasteiger partial charge in [-0.1, -0.05) is 55.5 Å². The summed E-state index contributed by atoms with van der Waals surface area (Å²) in [6.45, 7) is 2.71. The van der Waals surface area contributed by atoms with Crippen molar-refractivity contribution in [1.82, 2.24) is 15.6 Å². The fourth-order valence-electron chi connectivity index (χ4n) is 5.12. The zero-order chi connectivity index (χ0) is 32.5. The van der Waals surface area contributed by atoms with E-state index in [1.165, 1.54) is 41.2 Å². The van der Waals surface area contributed by atoms with Crippen LogP contribution in [-0.2, 0) is 19.4 Å². The number of hydrogen-bond donors (Lipinski definition) is 3. The number of carbonyl (C=O) groups is 1. The summed E-state index contributed by atoms with van der Waals surface area (Å²) in [5, 5.41) is 20.0. The summed E-state index contributed by atoms with van der Waals surface area (Å²) in [4.78, 5) is 18.2. The number of aryl methyl sites for hydroxylation is 1. The van der Waals surface area contributed by atoms with E-state index in [2.05, 4.69) is 34.7 Å². The van der Waals surface area contributed by atoms with Crippen LogP contribution in [0.15, 0.2) is 96.5 Å². The van der Waals surface area contributed by atoms with Gasteiger partial charge in [-0.3, -0.25) is 4.79 Å². The van der Waals surface area contributed by atoms with Crippen molar-refractivity contribution in [3.8, 4) is 10.6 Å². The van der Waals surface area contributed by atoms with E-state index in [0.717, 1.165) is 29.2 Å². The average molecular weight is 642 g/mol. The number of rotatable bonds is 13. The van der Waals surface area contributed by atoms with Crippen molar-refractivity contribution in [3.05, 3.63) is 147 Å². The third-order valence-electron chi connectivity index (χ3n) is 7.48. The van der Waals surface area contributed by atoms with Crippen LogP contribution in [0.25, 0.3) is 22.7 Å². The first-order valence-corrected chi connectivity index (χ1v) is 15.8. The Morgan fingerprint density at radius 1 is 0.870 bits per heavy atom. The predicted molar refractivity (Wildman–Crippen MR) is 178 cm³/mol. The number of aromatic nitrogens is 1. The number of thiazole rings is 1. The van der Waals surface area contributed by atoms with Crippen LogP contribution in [0, 0.1) is 17.5 Å². The zero-order valence-electron chi connectivity index (χ0n) is 25.2. The number of amides is 1. The Morgan fingerprint density at radius 2 is 1.61 bits per heavy atom. The third-order valence-corrected chi connectivity index (χ3v) is 8.30. The van der Waals surface area contributed by atoms with Crippen molar-refractivity contribution in [2.24, 2.45) is 0 Å². The molecule has 1 heterocycles. The van der Waals surface area contributed by atoms with Crippen molar-refractivity contribution in [2.75, 3.05) is 6.54 Å². The lowest BCUT2D eigenvalue weighted by Crippen LogP contribution is -2.48. The second kappa shape index (κ2) is 15.6. The standard InChI is InChI=1S/C37H34F3N3O2S/c1-2-24-4-3-5-27(14-24)22-41-23-35(44)34(19-28-17-32(39)21-33(40)18-28)43-36(45)29-15-26(7-6-25-8-10-31(38)11-9-25)16-30(20-29)37-42-12-13-46-37/h3-18,20-21,34-35,41,44H,2,19,22-23H2,1H3,(H,43,45)/b7-6+/t34-,35+/m0/s1.